The molecule has 1 aromatic carbocycles. The molecule has 33 heavy (non-hydrogen) atoms. The zero-order chi connectivity index (χ0) is 23.4. The van der Waals surface area contributed by atoms with Gasteiger partial charge in [-0.1, -0.05) is 0 Å². The van der Waals surface area contributed by atoms with Crippen LogP contribution in [0.25, 0.3) is 0 Å². The maximum atomic E-state index is 12.6. The highest BCUT2D eigenvalue weighted by atomic mass is 32.2. The number of hydrogen-bond donors (Lipinski definition) is 2. The summed E-state index contributed by atoms with van der Waals surface area (Å²) in [6, 6.07) is 7.62. The lowest BCUT2D eigenvalue weighted by Crippen LogP contribution is -2.31. The molecule has 2 amide bonds. The van der Waals surface area contributed by atoms with Gasteiger partial charge in [-0.05, 0) is 50.5 Å². The Labute approximate surface area is 193 Å². The Bertz CT molecular complexity index is 1110. The normalized spacial score (nSPS) is 17.0. The van der Waals surface area contributed by atoms with Gasteiger partial charge in [0.1, 0.15) is 17.5 Å². The van der Waals surface area contributed by atoms with E-state index in [0.717, 1.165) is 36.6 Å². The van der Waals surface area contributed by atoms with Crippen LogP contribution in [0.4, 0.5) is 17.3 Å². The van der Waals surface area contributed by atoms with Gasteiger partial charge in [0, 0.05) is 45.1 Å². The second-order valence-electron chi connectivity index (χ2n) is 8.15. The number of rotatable bonds is 8. The summed E-state index contributed by atoms with van der Waals surface area (Å²) in [5.74, 6) is 1.66. The second kappa shape index (κ2) is 9.84. The Morgan fingerprint density at radius 1 is 0.939 bits per heavy atom. The minimum atomic E-state index is -3.73. The molecule has 0 aliphatic carbocycles. The van der Waals surface area contributed by atoms with Crippen LogP contribution in [0.5, 0.6) is 0 Å². The van der Waals surface area contributed by atoms with Crippen molar-refractivity contribution < 1.29 is 18.0 Å². The van der Waals surface area contributed by atoms with E-state index >= 15 is 0 Å². The van der Waals surface area contributed by atoms with Crippen molar-refractivity contribution in [3.05, 3.63) is 36.2 Å². The molecule has 3 heterocycles. The Morgan fingerprint density at radius 2 is 1.61 bits per heavy atom. The van der Waals surface area contributed by atoms with Crippen molar-refractivity contribution in [2.45, 2.75) is 43.9 Å². The van der Waals surface area contributed by atoms with E-state index in [-0.39, 0.29) is 36.1 Å². The molecule has 0 radical (unpaired) electrons. The molecule has 0 atom stereocenters. The van der Waals surface area contributed by atoms with E-state index < -0.39 is 10.0 Å². The zero-order valence-corrected chi connectivity index (χ0v) is 19.4. The van der Waals surface area contributed by atoms with Crippen molar-refractivity contribution in [1.82, 2.24) is 14.7 Å². The number of nitrogens with zero attached hydrogens (tertiary/aromatic N) is 4. The van der Waals surface area contributed by atoms with Gasteiger partial charge in [0.15, 0.2) is 0 Å². The summed E-state index contributed by atoms with van der Waals surface area (Å²) in [4.78, 5) is 36.0. The summed E-state index contributed by atoms with van der Waals surface area (Å²) in [5.41, 5.74) is 0.381. The van der Waals surface area contributed by atoms with Gasteiger partial charge in [0.25, 0.3) is 0 Å². The van der Waals surface area contributed by atoms with Crippen LogP contribution in [0.2, 0.25) is 0 Å². The van der Waals surface area contributed by atoms with Crippen LogP contribution in [0.3, 0.4) is 0 Å². The Balaban J connectivity index is 1.32. The first kappa shape index (κ1) is 23.1. The van der Waals surface area contributed by atoms with E-state index in [4.69, 9.17) is 0 Å². The van der Waals surface area contributed by atoms with Gasteiger partial charge in [0.2, 0.25) is 21.8 Å². The van der Waals surface area contributed by atoms with Crippen LogP contribution in [-0.2, 0) is 19.6 Å². The van der Waals surface area contributed by atoms with Crippen molar-refractivity contribution in [1.29, 1.82) is 0 Å². The lowest BCUT2D eigenvalue weighted by molar-refractivity contribution is -0.121. The Hall–Kier alpha value is -3.05. The molecule has 2 aliphatic rings. The number of hydrogen-bond acceptors (Lipinski definition) is 8. The van der Waals surface area contributed by atoms with E-state index in [1.807, 2.05) is 13.0 Å². The summed E-state index contributed by atoms with van der Waals surface area (Å²) in [7, 11) is -3.73. The number of piperidine rings is 1. The fourth-order valence-corrected chi connectivity index (χ4v) is 5.06. The molecule has 2 aromatic rings. The quantitative estimate of drug-likeness (QED) is 0.440. The number of anilines is 3. The standard InChI is InChI=1S/C22H28N6O4S/c1-16-25-19(15-20(26-16)27-13-3-2-4-14-27)23-11-12-24-33(31,32)18-7-5-17(6-8-18)28-21(29)9-10-22(28)30/h5-8,15,24H,2-4,9-14H2,1H3,(H,23,25,26). The molecular weight excluding hydrogens is 444 g/mol. The minimum Gasteiger partial charge on any atom is -0.369 e. The molecule has 2 aliphatic heterocycles. The number of aryl methyl sites for hydroxylation is 1. The number of imide groups is 1. The highest BCUT2D eigenvalue weighted by Gasteiger charge is 2.30. The maximum absolute atomic E-state index is 12.6. The molecule has 0 spiro atoms. The molecule has 2 fully saturated rings. The predicted molar refractivity (Wildman–Crippen MR) is 125 cm³/mol. The van der Waals surface area contributed by atoms with Crippen LogP contribution in [0.15, 0.2) is 35.2 Å². The van der Waals surface area contributed by atoms with Crippen molar-refractivity contribution in [2.75, 3.05) is 41.3 Å². The molecule has 0 saturated carbocycles. The second-order valence-corrected chi connectivity index (χ2v) is 9.91. The largest absolute Gasteiger partial charge is 0.369 e. The van der Waals surface area contributed by atoms with Crippen LogP contribution < -0.4 is 19.8 Å². The number of aromatic nitrogens is 2. The summed E-state index contributed by atoms with van der Waals surface area (Å²) in [6.07, 6.45) is 3.90. The number of carbonyl (C=O) groups excluding carboxylic acids is 2. The van der Waals surface area contributed by atoms with Gasteiger partial charge in [0.05, 0.1) is 10.6 Å². The number of carbonyl (C=O) groups is 2. The van der Waals surface area contributed by atoms with Gasteiger partial charge in [-0.3, -0.25) is 14.5 Å². The highest BCUT2D eigenvalue weighted by Crippen LogP contribution is 2.24. The van der Waals surface area contributed by atoms with Crippen LogP contribution >= 0.6 is 0 Å². The van der Waals surface area contributed by atoms with E-state index in [1.165, 1.54) is 30.7 Å². The minimum absolute atomic E-state index is 0.0654. The van der Waals surface area contributed by atoms with E-state index in [9.17, 15) is 18.0 Å². The Kier molecular flexibility index (Phi) is 6.89. The molecule has 1 aromatic heterocycles. The first-order chi connectivity index (χ1) is 15.8. The average molecular weight is 473 g/mol. The predicted octanol–water partition coefficient (Wildman–Crippen LogP) is 1.82. The fourth-order valence-electron chi connectivity index (χ4n) is 4.03. The summed E-state index contributed by atoms with van der Waals surface area (Å²) in [6.45, 7) is 4.32. The molecular formula is C22H28N6O4S. The third-order valence-electron chi connectivity index (χ3n) is 5.68. The maximum Gasteiger partial charge on any atom is 0.240 e. The van der Waals surface area contributed by atoms with Gasteiger partial charge in [-0.25, -0.2) is 23.1 Å². The summed E-state index contributed by atoms with van der Waals surface area (Å²) >= 11 is 0. The van der Waals surface area contributed by atoms with Crippen molar-refractivity contribution >= 4 is 39.2 Å². The van der Waals surface area contributed by atoms with Crippen molar-refractivity contribution in [3.63, 3.8) is 0 Å². The van der Waals surface area contributed by atoms with Crippen LogP contribution in [0, 0.1) is 6.92 Å². The fraction of sp³-hybridized carbons (Fsp3) is 0.455. The molecule has 0 bridgehead atoms. The number of sulfonamides is 1. The van der Waals surface area contributed by atoms with Crippen molar-refractivity contribution in [3.8, 4) is 0 Å². The molecule has 0 unspecified atom stereocenters. The van der Waals surface area contributed by atoms with Crippen LogP contribution in [-0.4, -0.2) is 56.4 Å². The first-order valence-electron chi connectivity index (χ1n) is 11.1. The smallest absolute Gasteiger partial charge is 0.240 e. The van der Waals surface area contributed by atoms with E-state index in [0.29, 0.717) is 23.9 Å². The lowest BCUT2D eigenvalue weighted by atomic mass is 10.1. The number of amides is 2. The van der Waals surface area contributed by atoms with Gasteiger partial charge >= 0.3 is 0 Å². The third kappa shape index (κ3) is 5.48. The van der Waals surface area contributed by atoms with Crippen LogP contribution in [0.1, 0.15) is 37.9 Å². The highest BCUT2D eigenvalue weighted by molar-refractivity contribution is 7.89. The zero-order valence-electron chi connectivity index (χ0n) is 18.6. The number of nitrogens with one attached hydrogen (secondary N) is 2. The first-order valence-corrected chi connectivity index (χ1v) is 12.6. The SMILES string of the molecule is Cc1nc(NCCNS(=O)(=O)c2ccc(N3C(=O)CCC3=O)cc2)cc(N2CCCCC2)n1. The summed E-state index contributed by atoms with van der Waals surface area (Å²) < 4.78 is 27.8. The monoisotopic (exact) mass is 472 g/mol. The molecule has 11 heteroatoms. The molecule has 10 nitrogen and oxygen atoms in total. The topological polar surface area (TPSA) is 125 Å². The molecule has 2 saturated heterocycles. The van der Waals surface area contributed by atoms with E-state index in [1.54, 1.807) is 0 Å². The number of benzene rings is 1. The van der Waals surface area contributed by atoms with Gasteiger partial charge in [-0.15, -0.1) is 0 Å². The third-order valence-corrected chi connectivity index (χ3v) is 7.16. The average Bonchev–Trinajstić information content (AvgIpc) is 3.15. The molecule has 2 N–H and O–H groups in total. The summed E-state index contributed by atoms with van der Waals surface area (Å²) in [5, 5.41) is 3.16. The van der Waals surface area contributed by atoms with Gasteiger partial charge in [-0.2, -0.15) is 0 Å². The molecule has 4 rings (SSSR count). The molecule has 176 valence electrons. The lowest BCUT2D eigenvalue weighted by Gasteiger charge is -2.28. The van der Waals surface area contributed by atoms with E-state index in [2.05, 4.69) is 24.9 Å². The van der Waals surface area contributed by atoms with Gasteiger partial charge < -0.3 is 10.2 Å². The van der Waals surface area contributed by atoms with Crippen molar-refractivity contribution in [2.24, 2.45) is 0 Å². The Morgan fingerprint density at radius 3 is 2.27 bits per heavy atom.